The monoisotopic (exact) mass is 420 g/mol. The van der Waals surface area contributed by atoms with E-state index in [9.17, 15) is 24.5 Å². The normalized spacial score (nSPS) is 10.3. The number of hydrogen-bond donors (Lipinski definition) is 2. The molecule has 0 aliphatic heterocycles. The molecule has 10 nitrogen and oxygen atoms in total. The molecule has 0 aliphatic carbocycles. The zero-order valence-corrected chi connectivity index (χ0v) is 16.7. The molecule has 11 heteroatoms. The Bertz CT molecular complexity index is 927. The molecular weight excluding hydrogens is 400 g/mol. The first-order valence-electron chi connectivity index (χ1n) is 8.90. The lowest BCUT2D eigenvalue weighted by Crippen LogP contribution is -2.19. The smallest absolute Gasteiger partial charge is 0.345 e. The predicted molar refractivity (Wildman–Crippen MR) is 107 cm³/mol. The maximum atomic E-state index is 12.7. The van der Waals surface area contributed by atoms with Crippen LogP contribution in [0.1, 0.15) is 49.9 Å². The van der Waals surface area contributed by atoms with Crippen molar-refractivity contribution < 1.29 is 24.0 Å². The fraction of sp³-hybridized carbons (Fsp3) is 0.333. The van der Waals surface area contributed by atoms with Gasteiger partial charge in [0.15, 0.2) is 10.9 Å². The lowest BCUT2D eigenvalue weighted by Gasteiger charge is -2.15. The Labute approximate surface area is 170 Å². The van der Waals surface area contributed by atoms with Crippen LogP contribution in [0.2, 0.25) is 0 Å². The summed E-state index contributed by atoms with van der Waals surface area (Å²) in [6.07, 6.45) is 2.61. The maximum Gasteiger partial charge on any atom is 0.345 e. The van der Waals surface area contributed by atoms with Crippen molar-refractivity contribution in [2.75, 3.05) is 10.6 Å². The Kier molecular flexibility index (Phi) is 7.78. The third-order valence-electron chi connectivity index (χ3n) is 3.57. The second-order valence-corrected chi connectivity index (χ2v) is 6.93. The molecule has 0 saturated carbocycles. The number of benzene rings is 1. The highest BCUT2D eigenvalue weighted by Gasteiger charge is 2.22. The number of rotatable bonds is 9. The fourth-order valence-electron chi connectivity index (χ4n) is 2.31. The molecule has 1 heterocycles. The van der Waals surface area contributed by atoms with Crippen LogP contribution < -0.4 is 15.4 Å². The number of para-hydroxylation sites is 1. The molecule has 1 aromatic heterocycles. The number of hydrogen-bond acceptors (Lipinski definition) is 8. The molecule has 0 radical (unpaired) electrons. The molecule has 0 unspecified atom stereocenters. The number of nitro groups is 1. The Balaban J connectivity index is 2.34. The molecule has 0 aliphatic rings. The average Bonchev–Trinajstić information content (AvgIpc) is 3.12. The van der Waals surface area contributed by atoms with Crippen LogP contribution in [0.5, 0.6) is 5.75 Å². The van der Waals surface area contributed by atoms with Crippen molar-refractivity contribution in [3.05, 3.63) is 40.1 Å². The van der Waals surface area contributed by atoms with Gasteiger partial charge in [0.25, 0.3) is 5.91 Å². The average molecular weight is 420 g/mol. The summed E-state index contributed by atoms with van der Waals surface area (Å²) >= 11 is 0.694. The summed E-state index contributed by atoms with van der Waals surface area (Å²) in [7, 11) is 0. The van der Waals surface area contributed by atoms with E-state index in [1.807, 2.05) is 6.92 Å². The van der Waals surface area contributed by atoms with Crippen LogP contribution in [0.4, 0.5) is 15.8 Å². The van der Waals surface area contributed by atoms with Gasteiger partial charge in [-0.15, -0.1) is 0 Å². The van der Waals surface area contributed by atoms with Gasteiger partial charge in [0.2, 0.25) is 5.91 Å². The third kappa shape index (κ3) is 6.07. The van der Waals surface area contributed by atoms with Crippen molar-refractivity contribution in [3.63, 3.8) is 0 Å². The van der Waals surface area contributed by atoms with Crippen LogP contribution >= 0.6 is 11.3 Å². The lowest BCUT2D eigenvalue weighted by atomic mass is 10.1. The highest BCUT2D eigenvalue weighted by atomic mass is 32.1. The fourth-order valence-corrected chi connectivity index (χ4v) is 2.93. The Morgan fingerprint density at radius 2 is 1.90 bits per heavy atom. The lowest BCUT2D eigenvalue weighted by molar-refractivity contribution is -0.380. The van der Waals surface area contributed by atoms with Crippen LogP contribution in [-0.4, -0.2) is 27.7 Å². The highest BCUT2D eigenvalue weighted by Crippen LogP contribution is 2.32. The van der Waals surface area contributed by atoms with Crippen LogP contribution in [0.3, 0.4) is 0 Å². The van der Waals surface area contributed by atoms with Gasteiger partial charge < -0.3 is 10.1 Å². The highest BCUT2D eigenvalue weighted by molar-refractivity contribution is 7.18. The van der Waals surface area contributed by atoms with Crippen molar-refractivity contribution in [2.45, 2.75) is 39.5 Å². The SMILES string of the molecule is CCCC(=O)Nc1cccc(C(=O)Nc2ncc([N+](=O)[O-])s2)c1OC(=O)CCC. The predicted octanol–water partition coefficient (Wildman–Crippen LogP) is 3.75. The topological polar surface area (TPSA) is 141 Å². The number of carbonyl (C=O) groups excluding carboxylic acids is 3. The molecule has 29 heavy (non-hydrogen) atoms. The van der Waals surface area contributed by atoms with Crippen molar-refractivity contribution in [1.82, 2.24) is 4.98 Å². The third-order valence-corrected chi connectivity index (χ3v) is 4.44. The molecule has 0 atom stereocenters. The molecule has 0 saturated heterocycles. The number of ether oxygens (including phenoxy) is 1. The van der Waals surface area contributed by atoms with Gasteiger partial charge >= 0.3 is 11.0 Å². The second-order valence-electron chi connectivity index (χ2n) is 5.92. The number of nitrogens with one attached hydrogen (secondary N) is 2. The number of nitrogens with zero attached hydrogens (tertiary/aromatic N) is 2. The molecule has 2 aromatic rings. The minimum atomic E-state index is -0.680. The summed E-state index contributed by atoms with van der Waals surface area (Å²) in [5.41, 5.74) is 0.173. The van der Waals surface area contributed by atoms with E-state index in [0.29, 0.717) is 24.2 Å². The molecule has 0 bridgehead atoms. The Morgan fingerprint density at radius 3 is 2.52 bits per heavy atom. The summed E-state index contributed by atoms with van der Waals surface area (Å²) in [5.74, 6) is -1.60. The first-order chi connectivity index (χ1) is 13.8. The summed E-state index contributed by atoms with van der Waals surface area (Å²) in [5, 5.41) is 15.7. The molecule has 2 amide bonds. The summed E-state index contributed by atoms with van der Waals surface area (Å²) in [6, 6.07) is 4.46. The molecular formula is C18H20N4O6S. The summed E-state index contributed by atoms with van der Waals surface area (Å²) in [6.45, 7) is 3.65. The van der Waals surface area contributed by atoms with Crippen molar-refractivity contribution in [3.8, 4) is 5.75 Å². The quantitative estimate of drug-likeness (QED) is 0.272. The first-order valence-corrected chi connectivity index (χ1v) is 9.72. The van der Waals surface area contributed by atoms with E-state index in [2.05, 4.69) is 15.6 Å². The number of esters is 1. The van der Waals surface area contributed by atoms with E-state index < -0.39 is 16.8 Å². The van der Waals surface area contributed by atoms with E-state index >= 15 is 0 Å². The minimum absolute atomic E-state index is 0.0124. The maximum absolute atomic E-state index is 12.7. The minimum Gasteiger partial charge on any atom is -0.423 e. The van der Waals surface area contributed by atoms with Gasteiger partial charge in [0.05, 0.1) is 16.2 Å². The standard InChI is InChI=1S/C18H20N4O6S/c1-3-6-13(23)20-12-9-5-8-11(16(12)28-15(24)7-4-2)17(25)21-18-19-10-14(29-18)22(26)27/h5,8-10H,3-4,6-7H2,1-2H3,(H,20,23)(H,19,21,25). The van der Waals surface area contributed by atoms with Crippen molar-refractivity contribution in [1.29, 1.82) is 0 Å². The van der Waals surface area contributed by atoms with E-state index in [1.165, 1.54) is 18.2 Å². The molecule has 2 N–H and O–H groups in total. The summed E-state index contributed by atoms with van der Waals surface area (Å²) in [4.78, 5) is 50.7. The number of anilines is 2. The number of amides is 2. The van der Waals surface area contributed by atoms with Crippen LogP contribution in [0, 0.1) is 10.1 Å². The van der Waals surface area contributed by atoms with E-state index in [4.69, 9.17) is 4.74 Å². The summed E-state index contributed by atoms with van der Waals surface area (Å²) < 4.78 is 5.36. The van der Waals surface area contributed by atoms with Gasteiger partial charge in [-0.3, -0.25) is 29.8 Å². The van der Waals surface area contributed by atoms with Gasteiger partial charge in [-0.2, -0.15) is 0 Å². The zero-order chi connectivity index (χ0) is 21.4. The Hall–Kier alpha value is -3.34. The van der Waals surface area contributed by atoms with Crippen LogP contribution in [-0.2, 0) is 9.59 Å². The van der Waals surface area contributed by atoms with Gasteiger partial charge in [-0.1, -0.05) is 19.9 Å². The van der Waals surface area contributed by atoms with Gasteiger partial charge in [0.1, 0.15) is 6.20 Å². The molecule has 154 valence electrons. The first kappa shape index (κ1) is 22.0. The molecule has 0 fully saturated rings. The van der Waals surface area contributed by atoms with Gasteiger partial charge in [-0.25, -0.2) is 4.98 Å². The second kappa shape index (κ2) is 10.3. The van der Waals surface area contributed by atoms with Crippen LogP contribution in [0.15, 0.2) is 24.4 Å². The van der Waals surface area contributed by atoms with E-state index in [1.54, 1.807) is 6.92 Å². The van der Waals surface area contributed by atoms with E-state index in [0.717, 1.165) is 6.20 Å². The molecule has 2 rings (SSSR count). The number of thiazole rings is 1. The number of carbonyl (C=O) groups is 3. The van der Waals surface area contributed by atoms with Crippen molar-refractivity contribution in [2.24, 2.45) is 0 Å². The van der Waals surface area contributed by atoms with E-state index in [-0.39, 0.29) is 45.9 Å². The molecule has 0 spiro atoms. The largest absolute Gasteiger partial charge is 0.423 e. The van der Waals surface area contributed by atoms with Crippen molar-refractivity contribution >= 4 is 44.9 Å². The molecule has 1 aromatic carbocycles. The number of aromatic nitrogens is 1. The van der Waals surface area contributed by atoms with Gasteiger partial charge in [0, 0.05) is 12.8 Å². The van der Waals surface area contributed by atoms with Gasteiger partial charge in [-0.05, 0) is 36.3 Å². The zero-order valence-electron chi connectivity index (χ0n) is 15.9. The Morgan fingerprint density at radius 1 is 1.17 bits per heavy atom. The van der Waals surface area contributed by atoms with Crippen LogP contribution in [0.25, 0.3) is 0 Å².